The Labute approximate surface area is 119 Å². The van der Waals surface area contributed by atoms with Crippen molar-refractivity contribution in [1.29, 1.82) is 0 Å². The molecule has 1 aromatic carbocycles. The van der Waals surface area contributed by atoms with Crippen molar-refractivity contribution >= 4 is 17.7 Å². The molecule has 0 radical (unpaired) electrons. The van der Waals surface area contributed by atoms with Gasteiger partial charge >= 0.3 is 6.09 Å². The normalized spacial score (nSPS) is 10.1. The smallest absolute Gasteiger partial charge is 0.406 e. The first-order chi connectivity index (χ1) is 9.36. The Hall–Kier alpha value is -2.04. The minimum atomic E-state index is -0.495. The average Bonchev–Trinajstić information content (AvgIpc) is 2.35. The second-order valence-electron chi connectivity index (χ2n) is 4.84. The summed E-state index contributed by atoms with van der Waals surface area (Å²) >= 11 is 0. The molecule has 0 aliphatic heterocycles. The lowest BCUT2D eigenvalue weighted by molar-refractivity contribution is -0.116. The third-order valence-corrected chi connectivity index (χ3v) is 3.08. The number of alkyl carbamates (subject to hydrolysis) is 1. The van der Waals surface area contributed by atoms with Gasteiger partial charge in [0.05, 0.1) is 7.11 Å². The van der Waals surface area contributed by atoms with Gasteiger partial charge in [-0.25, -0.2) is 4.79 Å². The molecule has 110 valence electrons. The van der Waals surface area contributed by atoms with Crippen LogP contribution >= 0.6 is 0 Å². The minimum Gasteiger partial charge on any atom is -0.453 e. The molecular weight excluding hydrogens is 256 g/mol. The number of anilines is 1. The van der Waals surface area contributed by atoms with Crippen LogP contribution in [0.25, 0.3) is 0 Å². The van der Waals surface area contributed by atoms with E-state index in [1.165, 1.54) is 19.6 Å². The molecule has 1 N–H and O–H groups in total. The van der Waals surface area contributed by atoms with Gasteiger partial charge in [0, 0.05) is 25.7 Å². The van der Waals surface area contributed by atoms with Crippen LogP contribution in [0.15, 0.2) is 12.1 Å². The highest BCUT2D eigenvalue weighted by Crippen LogP contribution is 2.26. The molecule has 0 bridgehead atoms. The van der Waals surface area contributed by atoms with E-state index in [0.717, 1.165) is 16.8 Å². The zero-order valence-corrected chi connectivity index (χ0v) is 12.7. The maximum atomic E-state index is 11.9. The number of ether oxygens (including phenoxy) is 1. The number of hydrogen-bond acceptors (Lipinski definition) is 3. The fourth-order valence-electron chi connectivity index (χ4n) is 2.37. The fourth-order valence-corrected chi connectivity index (χ4v) is 2.37. The van der Waals surface area contributed by atoms with Crippen molar-refractivity contribution in [3.05, 3.63) is 28.8 Å². The van der Waals surface area contributed by atoms with Gasteiger partial charge in [0.25, 0.3) is 0 Å². The first-order valence-electron chi connectivity index (χ1n) is 6.54. The Morgan fingerprint density at radius 1 is 1.20 bits per heavy atom. The van der Waals surface area contributed by atoms with Gasteiger partial charge < -0.3 is 15.0 Å². The molecular formula is C15H22N2O3. The molecule has 0 atom stereocenters. The largest absolute Gasteiger partial charge is 0.453 e. The van der Waals surface area contributed by atoms with E-state index in [-0.39, 0.29) is 5.91 Å². The second-order valence-corrected chi connectivity index (χ2v) is 4.84. The number of carbonyl (C=O) groups excluding carboxylic acids is 2. The van der Waals surface area contributed by atoms with Crippen LogP contribution in [0.1, 0.15) is 23.6 Å². The zero-order valence-electron chi connectivity index (χ0n) is 12.7. The van der Waals surface area contributed by atoms with Crippen LogP contribution in [-0.2, 0) is 9.53 Å². The van der Waals surface area contributed by atoms with Crippen LogP contribution in [0.3, 0.4) is 0 Å². The molecule has 5 nitrogen and oxygen atoms in total. The van der Waals surface area contributed by atoms with Crippen molar-refractivity contribution in [3.8, 4) is 0 Å². The van der Waals surface area contributed by atoms with Gasteiger partial charge in [-0.1, -0.05) is 17.7 Å². The lowest BCUT2D eigenvalue weighted by atomic mass is 10.0. The molecule has 5 heteroatoms. The van der Waals surface area contributed by atoms with Crippen molar-refractivity contribution in [1.82, 2.24) is 5.32 Å². The molecule has 20 heavy (non-hydrogen) atoms. The minimum absolute atomic E-state index is 0.0493. The Bertz CT molecular complexity index is 489. The number of amides is 2. The number of carbonyl (C=O) groups is 2. The molecule has 0 aliphatic carbocycles. The summed E-state index contributed by atoms with van der Waals surface area (Å²) in [7, 11) is 1.31. The van der Waals surface area contributed by atoms with Crippen molar-refractivity contribution in [2.24, 2.45) is 0 Å². The summed E-state index contributed by atoms with van der Waals surface area (Å²) < 4.78 is 4.51. The summed E-state index contributed by atoms with van der Waals surface area (Å²) in [5, 5.41) is 2.58. The second kappa shape index (κ2) is 6.93. The molecule has 0 spiro atoms. The fraction of sp³-hybridized carbons (Fsp3) is 0.467. The number of methoxy groups -OCH3 is 1. The van der Waals surface area contributed by atoms with Crippen molar-refractivity contribution in [2.45, 2.75) is 27.7 Å². The van der Waals surface area contributed by atoms with Crippen LogP contribution in [-0.4, -0.2) is 32.2 Å². The van der Waals surface area contributed by atoms with Crippen LogP contribution in [0, 0.1) is 20.8 Å². The van der Waals surface area contributed by atoms with E-state index in [0.29, 0.717) is 13.1 Å². The molecule has 0 unspecified atom stereocenters. The van der Waals surface area contributed by atoms with E-state index in [4.69, 9.17) is 0 Å². The van der Waals surface area contributed by atoms with Gasteiger partial charge in [-0.2, -0.15) is 0 Å². The van der Waals surface area contributed by atoms with E-state index >= 15 is 0 Å². The standard InChI is InChI=1S/C15H22N2O3/c1-10-8-11(2)14(12(3)9-10)17(13(4)18)7-6-16-15(19)20-5/h8-9H,6-7H2,1-5H3,(H,16,19). The third-order valence-electron chi connectivity index (χ3n) is 3.08. The molecule has 0 aromatic heterocycles. The summed E-state index contributed by atoms with van der Waals surface area (Å²) in [6.45, 7) is 8.28. The molecule has 0 aliphatic rings. The molecule has 1 aromatic rings. The summed E-state index contributed by atoms with van der Waals surface area (Å²) in [5.41, 5.74) is 4.18. The van der Waals surface area contributed by atoms with Crippen molar-refractivity contribution < 1.29 is 14.3 Å². The van der Waals surface area contributed by atoms with Crippen LogP contribution in [0.5, 0.6) is 0 Å². The maximum Gasteiger partial charge on any atom is 0.406 e. The van der Waals surface area contributed by atoms with Gasteiger partial charge in [0.2, 0.25) is 5.91 Å². The molecule has 2 amide bonds. The van der Waals surface area contributed by atoms with E-state index < -0.39 is 6.09 Å². The highest BCUT2D eigenvalue weighted by Gasteiger charge is 2.16. The third kappa shape index (κ3) is 3.98. The van der Waals surface area contributed by atoms with E-state index in [1.807, 2.05) is 32.9 Å². The first kappa shape index (κ1) is 16.0. The molecule has 0 saturated heterocycles. The highest BCUT2D eigenvalue weighted by molar-refractivity contribution is 5.93. The van der Waals surface area contributed by atoms with E-state index in [1.54, 1.807) is 4.90 Å². The Balaban J connectivity index is 2.92. The topological polar surface area (TPSA) is 58.6 Å². The SMILES string of the molecule is COC(=O)NCCN(C(C)=O)c1c(C)cc(C)cc1C. The number of rotatable bonds is 4. The predicted molar refractivity (Wildman–Crippen MR) is 79.1 cm³/mol. The van der Waals surface area contributed by atoms with Gasteiger partial charge in [-0.15, -0.1) is 0 Å². The Kier molecular flexibility index (Phi) is 5.55. The van der Waals surface area contributed by atoms with Gasteiger partial charge in [-0.05, 0) is 31.9 Å². The van der Waals surface area contributed by atoms with Gasteiger partial charge in [0.15, 0.2) is 0 Å². The quantitative estimate of drug-likeness (QED) is 0.919. The molecule has 0 heterocycles. The molecule has 1 rings (SSSR count). The number of nitrogens with zero attached hydrogens (tertiary/aromatic N) is 1. The lowest BCUT2D eigenvalue weighted by Gasteiger charge is -2.25. The van der Waals surface area contributed by atoms with E-state index in [9.17, 15) is 9.59 Å². The Morgan fingerprint density at radius 3 is 2.20 bits per heavy atom. The van der Waals surface area contributed by atoms with Gasteiger partial charge in [-0.3, -0.25) is 4.79 Å². The van der Waals surface area contributed by atoms with Crippen LogP contribution in [0.2, 0.25) is 0 Å². The van der Waals surface area contributed by atoms with E-state index in [2.05, 4.69) is 10.1 Å². The maximum absolute atomic E-state index is 11.9. The van der Waals surface area contributed by atoms with Crippen molar-refractivity contribution in [2.75, 3.05) is 25.1 Å². The predicted octanol–water partition coefficient (Wildman–Crippen LogP) is 2.32. The van der Waals surface area contributed by atoms with Crippen LogP contribution in [0.4, 0.5) is 10.5 Å². The summed E-state index contributed by atoms with van der Waals surface area (Å²) in [6, 6.07) is 4.10. The first-order valence-corrected chi connectivity index (χ1v) is 6.54. The zero-order chi connectivity index (χ0) is 15.3. The summed E-state index contributed by atoms with van der Waals surface area (Å²) in [4.78, 5) is 24.6. The molecule has 0 saturated carbocycles. The van der Waals surface area contributed by atoms with Crippen molar-refractivity contribution in [3.63, 3.8) is 0 Å². The number of aryl methyl sites for hydroxylation is 3. The number of nitrogens with one attached hydrogen (secondary N) is 1. The number of benzene rings is 1. The lowest BCUT2D eigenvalue weighted by Crippen LogP contribution is -2.38. The molecule has 0 fully saturated rings. The summed E-state index contributed by atoms with van der Waals surface area (Å²) in [6.07, 6.45) is -0.495. The number of hydrogen-bond donors (Lipinski definition) is 1. The monoisotopic (exact) mass is 278 g/mol. The highest BCUT2D eigenvalue weighted by atomic mass is 16.5. The average molecular weight is 278 g/mol. The Morgan fingerprint density at radius 2 is 1.75 bits per heavy atom. The summed E-state index contributed by atoms with van der Waals surface area (Å²) in [5.74, 6) is -0.0493. The van der Waals surface area contributed by atoms with Gasteiger partial charge in [0.1, 0.15) is 0 Å². The van der Waals surface area contributed by atoms with Crippen LogP contribution < -0.4 is 10.2 Å².